The fourth-order valence-electron chi connectivity index (χ4n) is 4.05. The number of anilines is 1. The third-order valence-corrected chi connectivity index (χ3v) is 5.63. The number of fused-ring (bicyclic) bond motifs is 1. The first-order chi connectivity index (χ1) is 11.6. The van der Waals surface area contributed by atoms with Crippen molar-refractivity contribution in [3.8, 4) is 0 Å². The normalized spacial score (nSPS) is 20.8. The molecule has 0 saturated carbocycles. The summed E-state index contributed by atoms with van der Waals surface area (Å²) in [5.41, 5.74) is 14.2. The number of ether oxygens (including phenoxy) is 1. The van der Waals surface area contributed by atoms with Crippen molar-refractivity contribution < 1.29 is 9.53 Å². The van der Waals surface area contributed by atoms with Crippen LogP contribution in [0.1, 0.15) is 41.6 Å². The second-order valence-electron chi connectivity index (χ2n) is 7.26. The van der Waals surface area contributed by atoms with Crippen LogP contribution in [0.4, 0.5) is 5.69 Å². The molecular formula is C19H29N3O2. The summed E-state index contributed by atoms with van der Waals surface area (Å²) in [5, 5.41) is 0. The van der Waals surface area contributed by atoms with Crippen molar-refractivity contribution in [3.63, 3.8) is 0 Å². The summed E-state index contributed by atoms with van der Waals surface area (Å²) in [6.07, 6.45) is 4.95. The number of piperidine rings is 1. The number of nitrogens with two attached hydrogens (primary N) is 2. The molecule has 0 aromatic heterocycles. The highest BCUT2D eigenvalue weighted by Gasteiger charge is 2.38. The number of Topliss-reactive ketones (excluding diaryl/α,β-unsaturated/α-hetero) is 1. The number of benzene rings is 1. The molecule has 0 bridgehead atoms. The number of nitrogen functional groups attached to an aromatic ring is 1. The minimum atomic E-state index is 0.166. The van der Waals surface area contributed by atoms with Crippen LogP contribution in [-0.2, 0) is 11.2 Å². The summed E-state index contributed by atoms with van der Waals surface area (Å²) in [4.78, 5) is 15.2. The monoisotopic (exact) mass is 331 g/mol. The molecule has 4 N–H and O–H groups in total. The van der Waals surface area contributed by atoms with Gasteiger partial charge in [0, 0.05) is 30.8 Å². The molecule has 1 fully saturated rings. The quantitative estimate of drug-likeness (QED) is 0.635. The summed E-state index contributed by atoms with van der Waals surface area (Å²) in [6.45, 7) is 5.02. The number of aryl methyl sites for hydroxylation is 1. The Morgan fingerprint density at radius 1 is 1.17 bits per heavy atom. The Kier molecular flexibility index (Phi) is 5.54. The van der Waals surface area contributed by atoms with Gasteiger partial charge in [0.15, 0.2) is 5.78 Å². The van der Waals surface area contributed by atoms with Gasteiger partial charge < -0.3 is 21.1 Å². The summed E-state index contributed by atoms with van der Waals surface area (Å²) in [5.74, 6) is 0.273. The van der Waals surface area contributed by atoms with Crippen LogP contribution >= 0.6 is 0 Å². The van der Waals surface area contributed by atoms with Gasteiger partial charge in [-0.1, -0.05) is 6.07 Å². The highest BCUT2D eigenvalue weighted by atomic mass is 16.5. The van der Waals surface area contributed by atoms with Crippen molar-refractivity contribution in [2.45, 2.75) is 32.1 Å². The Morgan fingerprint density at radius 3 is 2.71 bits per heavy atom. The van der Waals surface area contributed by atoms with Crippen LogP contribution in [0.2, 0.25) is 0 Å². The number of nitrogens with zero attached hydrogens (tertiary/aromatic N) is 1. The Hall–Kier alpha value is -1.43. The maximum absolute atomic E-state index is 12.8. The van der Waals surface area contributed by atoms with Gasteiger partial charge in [-0.25, -0.2) is 0 Å². The average Bonchev–Trinajstić information content (AvgIpc) is 2.71. The lowest BCUT2D eigenvalue weighted by Crippen LogP contribution is -2.42. The molecule has 3 rings (SSSR count). The van der Waals surface area contributed by atoms with Crippen molar-refractivity contribution in [1.82, 2.24) is 4.90 Å². The molecule has 1 heterocycles. The zero-order valence-electron chi connectivity index (χ0n) is 14.4. The zero-order valence-corrected chi connectivity index (χ0v) is 14.4. The van der Waals surface area contributed by atoms with Crippen LogP contribution in [0.5, 0.6) is 0 Å². The first kappa shape index (κ1) is 17.4. The lowest BCUT2D eigenvalue weighted by Gasteiger charge is -2.41. The van der Waals surface area contributed by atoms with E-state index in [-0.39, 0.29) is 11.2 Å². The van der Waals surface area contributed by atoms with Gasteiger partial charge in [0.05, 0.1) is 13.2 Å². The molecule has 0 unspecified atom stereocenters. The molecule has 1 aromatic carbocycles. The first-order valence-electron chi connectivity index (χ1n) is 9.04. The van der Waals surface area contributed by atoms with Crippen molar-refractivity contribution in [3.05, 3.63) is 29.3 Å². The van der Waals surface area contributed by atoms with E-state index in [0.29, 0.717) is 25.3 Å². The molecular weight excluding hydrogens is 302 g/mol. The molecule has 1 spiro atoms. The SMILES string of the molecule is NCCOCCN1CCC2(CCc3ccc(N)cc3C(=O)C2)CC1. The Balaban J connectivity index is 1.58. The van der Waals surface area contributed by atoms with Crippen molar-refractivity contribution in [1.29, 1.82) is 0 Å². The third-order valence-electron chi connectivity index (χ3n) is 5.63. The van der Waals surface area contributed by atoms with Crippen LogP contribution in [0.3, 0.4) is 0 Å². The van der Waals surface area contributed by atoms with E-state index >= 15 is 0 Å². The Bertz CT molecular complexity index is 580. The van der Waals surface area contributed by atoms with Gasteiger partial charge in [0.25, 0.3) is 0 Å². The third kappa shape index (κ3) is 3.97. The molecule has 5 nitrogen and oxygen atoms in total. The standard InChI is InChI=1S/C19H29N3O2/c20-7-11-24-12-10-22-8-5-19(6-9-22)4-3-15-1-2-16(21)13-17(15)18(23)14-19/h1-2,13H,3-12,14,20-21H2. The number of carbonyl (C=O) groups is 1. The molecule has 5 heteroatoms. The van der Waals surface area contributed by atoms with Crippen molar-refractivity contribution in [2.24, 2.45) is 11.1 Å². The molecule has 0 atom stereocenters. The number of hydrogen-bond donors (Lipinski definition) is 2. The van der Waals surface area contributed by atoms with E-state index in [2.05, 4.69) is 4.90 Å². The second kappa shape index (κ2) is 7.64. The van der Waals surface area contributed by atoms with Gasteiger partial charge in [-0.15, -0.1) is 0 Å². The molecule has 0 radical (unpaired) electrons. The minimum absolute atomic E-state index is 0.166. The van der Waals surface area contributed by atoms with Crippen molar-refractivity contribution in [2.75, 3.05) is 45.1 Å². The number of hydrogen-bond acceptors (Lipinski definition) is 5. The summed E-state index contributed by atoms with van der Waals surface area (Å²) in [7, 11) is 0. The fraction of sp³-hybridized carbons (Fsp3) is 0.632. The maximum Gasteiger partial charge on any atom is 0.163 e. The summed E-state index contributed by atoms with van der Waals surface area (Å²) in [6, 6.07) is 5.81. The van der Waals surface area contributed by atoms with E-state index < -0.39 is 0 Å². The molecule has 1 aliphatic carbocycles. The van der Waals surface area contributed by atoms with Gasteiger partial charge in [-0.3, -0.25) is 4.79 Å². The topological polar surface area (TPSA) is 81.6 Å². The lowest BCUT2D eigenvalue weighted by molar-refractivity contribution is 0.0532. The van der Waals surface area contributed by atoms with Gasteiger partial charge in [0.1, 0.15) is 0 Å². The minimum Gasteiger partial charge on any atom is -0.399 e. The van der Waals surface area contributed by atoms with Crippen LogP contribution in [0.25, 0.3) is 0 Å². The van der Waals surface area contributed by atoms with E-state index in [1.54, 1.807) is 0 Å². The van der Waals surface area contributed by atoms with Crippen molar-refractivity contribution >= 4 is 11.5 Å². The molecule has 132 valence electrons. The van der Waals surface area contributed by atoms with E-state index in [4.69, 9.17) is 16.2 Å². The zero-order chi connectivity index (χ0) is 17.0. The van der Waals surface area contributed by atoms with E-state index in [9.17, 15) is 4.79 Å². The lowest BCUT2D eigenvalue weighted by atomic mass is 9.72. The van der Waals surface area contributed by atoms with E-state index in [1.807, 2.05) is 18.2 Å². The number of carbonyl (C=O) groups excluding carboxylic acids is 1. The molecule has 1 aliphatic heterocycles. The van der Waals surface area contributed by atoms with Crippen LogP contribution in [0, 0.1) is 5.41 Å². The summed E-state index contributed by atoms with van der Waals surface area (Å²) >= 11 is 0. The predicted molar refractivity (Wildman–Crippen MR) is 96.1 cm³/mol. The van der Waals surface area contributed by atoms with Gasteiger partial charge in [-0.05, 0) is 61.9 Å². The number of ketones is 1. The second-order valence-corrected chi connectivity index (χ2v) is 7.26. The fourth-order valence-corrected chi connectivity index (χ4v) is 4.05. The largest absolute Gasteiger partial charge is 0.399 e. The van der Waals surface area contributed by atoms with Crippen LogP contribution < -0.4 is 11.5 Å². The number of rotatable bonds is 5. The molecule has 1 saturated heterocycles. The molecule has 0 amide bonds. The molecule has 24 heavy (non-hydrogen) atoms. The van der Waals surface area contributed by atoms with Gasteiger partial charge >= 0.3 is 0 Å². The Morgan fingerprint density at radius 2 is 1.96 bits per heavy atom. The smallest absolute Gasteiger partial charge is 0.163 e. The average molecular weight is 331 g/mol. The molecule has 1 aromatic rings. The predicted octanol–water partition coefficient (Wildman–Crippen LogP) is 1.85. The van der Waals surface area contributed by atoms with E-state index in [1.165, 1.54) is 5.56 Å². The highest BCUT2D eigenvalue weighted by molar-refractivity contribution is 5.99. The summed E-state index contributed by atoms with van der Waals surface area (Å²) < 4.78 is 5.48. The van der Waals surface area contributed by atoms with Crippen LogP contribution in [-0.4, -0.2) is 50.1 Å². The van der Waals surface area contributed by atoms with Gasteiger partial charge in [0.2, 0.25) is 0 Å². The number of likely N-dealkylation sites (tertiary alicyclic amines) is 1. The van der Waals surface area contributed by atoms with Gasteiger partial charge in [-0.2, -0.15) is 0 Å². The Labute approximate surface area is 144 Å². The van der Waals surface area contributed by atoms with E-state index in [0.717, 1.165) is 57.5 Å². The van der Waals surface area contributed by atoms with Crippen LogP contribution in [0.15, 0.2) is 18.2 Å². The first-order valence-corrected chi connectivity index (χ1v) is 9.04. The maximum atomic E-state index is 12.8. The highest BCUT2D eigenvalue weighted by Crippen LogP contribution is 2.43. The molecule has 2 aliphatic rings.